The fourth-order valence-corrected chi connectivity index (χ4v) is 2.71. The van der Waals surface area contributed by atoms with Gasteiger partial charge in [-0.3, -0.25) is 0 Å². The van der Waals surface area contributed by atoms with Crippen LogP contribution in [0.15, 0.2) is 12.7 Å². The van der Waals surface area contributed by atoms with Crippen molar-refractivity contribution < 1.29 is 4.74 Å². The number of hydrogen-bond acceptors (Lipinski definition) is 2. The molecule has 2 heteroatoms. The van der Waals surface area contributed by atoms with Gasteiger partial charge in [-0.2, -0.15) is 0 Å². The van der Waals surface area contributed by atoms with Gasteiger partial charge in [0.2, 0.25) is 0 Å². The number of hydrogen-bond donors (Lipinski definition) is 1. The Labute approximate surface area is 107 Å². The lowest BCUT2D eigenvalue weighted by molar-refractivity contribution is 0.0579. The largest absolute Gasteiger partial charge is 0.376 e. The molecule has 0 amide bonds. The first-order chi connectivity index (χ1) is 8.29. The highest BCUT2D eigenvalue weighted by Crippen LogP contribution is 2.25. The Morgan fingerprint density at radius 1 is 1.41 bits per heavy atom. The van der Waals surface area contributed by atoms with Gasteiger partial charge in [-0.1, -0.05) is 32.8 Å². The summed E-state index contributed by atoms with van der Waals surface area (Å²) in [5, 5.41) is 3.60. The molecule has 1 fully saturated rings. The normalized spacial score (nSPS) is 26.0. The number of rotatable bonds is 9. The van der Waals surface area contributed by atoms with E-state index in [9.17, 15) is 0 Å². The average molecular weight is 239 g/mol. The molecule has 17 heavy (non-hydrogen) atoms. The SMILES string of the molecule is C=CCCCCCC(NCC)C1OCCC1C. The summed E-state index contributed by atoms with van der Waals surface area (Å²) in [4.78, 5) is 0. The van der Waals surface area contributed by atoms with Gasteiger partial charge in [0.1, 0.15) is 0 Å². The zero-order chi connectivity index (χ0) is 12.5. The maximum atomic E-state index is 5.88. The summed E-state index contributed by atoms with van der Waals surface area (Å²) >= 11 is 0. The monoisotopic (exact) mass is 239 g/mol. The van der Waals surface area contributed by atoms with E-state index in [4.69, 9.17) is 4.74 Å². The van der Waals surface area contributed by atoms with Crippen molar-refractivity contribution in [3.05, 3.63) is 12.7 Å². The van der Waals surface area contributed by atoms with E-state index in [2.05, 4.69) is 25.7 Å². The fourth-order valence-electron chi connectivity index (χ4n) is 2.71. The molecule has 0 aliphatic carbocycles. The zero-order valence-corrected chi connectivity index (χ0v) is 11.6. The molecule has 2 nitrogen and oxygen atoms in total. The molecule has 0 spiro atoms. The Morgan fingerprint density at radius 3 is 2.82 bits per heavy atom. The predicted molar refractivity (Wildman–Crippen MR) is 74.3 cm³/mol. The summed E-state index contributed by atoms with van der Waals surface area (Å²) in [6.07, 6.45) is 9.99. The summed E-state index contributed by atoms with van der Waals surface area (Å²) in [7, 11) is 0. The van der Waals surface area contributed by atoms with Crippen molar-refractivity contribution in [1.82, 2.24) is 5.32 Å². The second kappa shape index (κ2) is 8.71. The van der Waals surface area contributed by atoms with Crippen LogP contribution in [-0.4, -0.2) is 25.3 Å². The van der Waals surface area contributed by atoms with Gasteiger partial charge >= 0.3 is 0 Å². The molecule has 0 aromatic heterocycles. The second-order valence-corrected chi connectivity index (χ2v) is 5.19. The third-order valence-corrected chi connectivity index (χ3v) is 3.73. The fraction of sp³-hybridized carbons (Fsp3) is 0.867. The van der Waals surface area contributed by atoms with E-state index in [0.717, 1.165) is 19.6 Å². The van der Waals surface area contributed by atoms with Crippen molar-refractivity contribution in [3.63, 3.8) is 0 Å². The van der Waals surface area contributed by atoms with Crippen LogP contribution in [0.5, 0.6) is 0 Å². The minimum Gasteiger partial charge on any atom is -0.376 e. The molecule has 0 bridgehead atoms. The topological polar surface area (TPSA) is 21.3 Å². The Balaban J connectivity index is 2.24. The Morgan fingerprint density at radius 2 is 2.24 bits per heavy atom. The number of allylic oxidation sites excluding steroid dienone is 1. The quantitative estimate of drug-likeness (QED) is 0.491. The van der Waals surface area contributed by atoms with Crippen LogP contribution in [0.25, 0.3) is 0 Å². The highest BCUT2D eigenvalue weighted by atomic mass is 16.5. The molecule has 3 unspecified atom stereocenters. The van der Waals surface area contributed by atoms with Crippen LogP contribution >= 0.6 is 0 Å². The van der Waals surface area contributed by atoms with Gasteiger partial charge in [0.05, 0.1) is 6.10 Å². The molecule has 1 rings (SSSR count). The number of nitrogens with one attached hydrogen (secondary N) is 1. The van der Waals surface area contributed by atoms with Crippen LogP contribution in [-0.2, 0) is 4.74 Å². The van der Waals surface area contributed by atoms with Gasteiger partial charge in [-0.25, -0.2) is 0 Å². The van der Waals surface area contributed by atoms with Crippen molar-refractivity contribution in [2.45, 2.75) is 64.5 Å². The van der Waals surface area contributed by atoms with Crippen molar-refractivity contribution in [1.29, 1.82) is 0 Å². The van der Waals surface area contributed by atoms with Crippen molar-refractivity contribution in [2.24, 2.45) is 5.92 Å². The molecule has 0 radical (unpaired) electrons. The van der Waals surface area contributed by atoms with Crippen LogP contribution in [0.1, 0.15) is 52.4 Å². The summed E-state index contributed by atoms with van der Waals surface area (Å²) in [5.41, 5.74) is 0. The van der Waals surface area contributed by atoms with E-state index < -0.39 is 0 Å². The van der Waals surface area contributed by atoms with Crippen LogP contribution in [0, 0.1) is 5.92 Å². The zero-order valence-electron chi connectivity index (χ0n) is 11.6. The molecular formula is C15H29NO. The van der Waals surface area contributed by atoms with Gasteiger partial charge in [-0.05, 0) is 38.1 Å². The van der Waals surface area contributed by atoms with E-state index in [1.54, 1.807) is 0 Å². The van der Waals surface area contributed by atoms with Crippen molar-refractivity contribution in [2.75, 3.05) is 13.2 Å². The van der Waals surface area contributed by atoms with Gasteiger partial charge in [0, 0.05) is 12.6 Å². The van der Waals surface area contributed by atoms with Gasteiger partial charge < -0.3 is 10.1 Å². The second-order valence-electron chi connectivity index (χ2n) is 5.19. The van der Waals surface area contributed by atoms with E-state index in [1.807, 2.05) is 6.08 Å². The highest BCUT2D eigenvalue weighted by Gasteiger charge is 2.30. The van der Waals surface area contributed by atoms with E-state index in [1.165, 1.54) is 32.1 Å². The third kappa shape index (κ3) is 5.22. The molecule has 1 heterocycles. The summed E-state index contributed by atoms with van der Waals surface area (Å²) < 4.78 is 5.88. The van der Waals surface area contributed by atoms with Crippen LogP contribution in [0.2, 0.25) is 0 Å². The number of likely N-dealkylation sites (N-methyl/N-ethyl adjacent to an activating group) is 1. The molecule has 3 atom stereocenters. The molecule has 1 aliphatic heterocycles. The van der Waals surface area contributed by atoms with E-state index in [-0.39, 0.29) is 0 Å². The van der Waals surface area contributed by atoms with Gasteiger partial charge in [-0.15, -0.1) is 6.58 Å². The molecule has 0 saturated carbocycles. The Bertz CT molecular complexity index is 205. The number of unbranched alkanes of at least 4 members (excludes halogenated alkanes) is 3. The van der Waals surface area contributed by atoms with Crippen LogP contribution in [0.3, 0.4) is 0 Å². The van der Waals surface area contributed by atoms with E-state index >= 15 is 0 Å². The first-order valence-corrected chi connectivity index (χ1v) is 7.25. The molecule has 1 N–H and O–H groups in total. The van der Waals surface area contributed by atoms with Gasteiger partial charge in [0.15, 0.2) is 0 Å². The maximum absolute atomic E-state index is 5.88. The molecule has 1 saturated heterocycles. The lowest BCUT2D eigenvalue weighted by Gasteiger charge is -2.27. The Kier molecular flexibility index (Phi) is 7.54. The Hall–Kier alpha value is -0.340. The molecule has 100 valence electrons. The van der Waals surface area contributed by atoms with Gasteiger partial charge in [0.25, 0.3) is 0 Å². The molecule has 0 aromatic rings. The van der Waals surface area contributed by atoms with Crippen molar-refractivity contribution in [3.8, 4) is 0 Å². The van der Waals surface area contributed by atoms with Crippen LogP contribution in [0.4, 0.5) is 0 Å². The average Bonchev–Trinajstić information content (AvgIpc) is 2.74. The predicted octanol–water partition coefficient (Wildman–Crippen LogP) is 3.53. The first-order valence-electron chi connectivity index (χ1n) is 7.25. The molecule has 1 aliphatic rings. The summed E-state index contributed by atoms with van der Waals surface area (Å²) in [5.74, 6) is 0.715. The van der Waals surface area contributed by atoms with E-state index in [0.29, 0.717) is 18.1 Å². The molecule has 0 aromatic carbocycles. The lowest BCUT2D eigenvalue weighted by atomic mass is 9.93. The molecular weight excluding hydrogens is 210 g/mol. The minimum absolute atomic E-state index is 0.439. The number of ether oxygens (including phenoxy) is 1. The summed E-state index contributed by atoms with van der Waals surface area (Å²) in [6.45, 7) is 10.3. The van der Waals surface area contributed by atoms with Crippen molar-refractivity contribution >= 4 is 0 Å². The minimum atomic E-state index is 0.439. The standard InChI is InChI=1S/C15H29NO/c1-4-6-7-8-9-10-14(16-5-2)15-13(3)11-12-17-15/h4,13-16H,1,5-12H2,2-3H3. The maximum Gasteiger partial charge on any atom is 0.0754 e. The van der Waals surface area contributed by atoms with Crippen LogP contribution < -0.4 is 5.32 Å². The smallest absolute Gasteiger partial charge is 0.0754 e. The lowest BCUT2D eigenvalue weighted by Crippen LogP contribution is -2.42. The highest BCUT2D eigenvalue weighted by molar-refractivity contribution is 4.84. The summed E-state index contributed by atoms with van der Waals surface area (Å²) in [6, 6.07) is 0.557. The third-order valence-electron chi connectivity index (χ3n) is 3.73. The first kappa shape index (κ1) is 14.7.